The molecular weight excluding hydrogens is 368 g/mol. The highest BCUT2D eigenvalue weighted by molar-refractivity contribution is 5.80. The summed E-state index contributed by atoms with van der Waals surface area (Å²) in [6.07, 6.45) is -9.56. The fourth-order valence-corrected chi connectivity index (χ4v) is 1.12. The van der Waals surface area contributed by atoms with Crippen molar-refractivity contribution in [2.75, 3.05) is 0 Å². The van der Waals surface area contributed by atoms with E-state index in [-0.39, 0.29) is 0 Å². The van der Waals surface area contributed by atoms with Crippen LogP contribution < -0.4 is 30.6 Å². The van der Waals surface area contributed by atoms with E-state index in [1.165, 1.54) is 0 Å². The molecule has 0 aliphatic carbocycles. The first-order valence-electron chi connectivity index (χ1n) is 6.33. The molecule has 0 rings (SSSR count). The van der Waals surface area contributed by atoms with Crippen molar-refractivity contribution in [2.45, 2.75) is 37.6 Å². The summed E-state index contributed by atoms with van der Waals surface area (Å²) in [4.78, 5) is 60.1. The van der Waals surface area contributed by atoms with E-state index in [1.807, 2.05) is 0 Å². The van der Waals surface area contributed by atoms with Crippen LogP contribution in [0.15, 0.2) is 0 Å². The van der Waals surface area contributed by atoms with Crippen molar-refractivity contribution >= 4 is 35.8 Å². The number of aliphatic hydroxyl groups is 1. The van der Waals surface area contributed by atoms with E-state index >= 15 is 0 Å². The Labute approximate surface area is 143 Å². The number of carboxylic acids is 6. The van der Waals surface area contributed by atoms with Gasteiger partial charge in [-0.3, -0.25) is 0 Å². The molecule has 0 aliphatic rings. The molecular formula is C12H10O14-6. The molecule has 0 saturated carbocycles. The first-order chi connectivity index (χ1) is 11.8. The van der Waals surface area contributed by atoms with Crippen LogP contribution in [0.5, 0.6) is 0 Å². The maximum atomic E-state index is 10.4. The first-order valence-corrected chi connectivity index (χ1v) is 6.33. The Bertz CT molecular complexity index is 520. The van der Waals surface area contributed by atoms with Crippen molar-refractivity contribution < 1.29 is 69.2 Å². The Morgan fingerprint density at radius 2 is 0.923 bits per heavy atom. The van der Waals surface area contributed by atoms with Crippen molar-refractivity contribution in [3.05, 3.63) is 0 Å². The number of hydrogen-bond acceptors (Lipinski definition) is 14. The van der Waals surface area contributed by atoms with E-state index in [9.17, 15) is 59.4 Å². The number of carbonyl (C=O) groups excluding carboxylic acids is 6. The second-order valence-corrected chi connectivity index (χ2v) is 4.31. The summed E-state index contributed by atoms with van der Waals surface area (Å²) in [5.41, 5.74) is 0. The molecule has 1 N–H and O–H groups in total. The Morgan fingerprint density at radius 1 is 0.615 bits per heavy atom. The second-order valence-electron chi connectivity index (χ2n) is 4.31. The fourth-order valence-electron chi connectivity index (χ4n) is 1.12. The molecule has 0 aliphatic heterocycles. The van der Waals surface area contributed by atoms with Crippen LogP contribution in [-0.4, -0.2) is 59.2 Å². The van der Waals surface area contributed by atoms with Crippen molar-refractivity contribution in [1.29, 1.82) is 0 Å². The van der Waals surface area contributed by atoms with Gasteiger partial charge in [0.1, 0.15) is 12.2 Å². The topological polar surface area (TPSA) is 270 Å². The van der Waals surface area contributed by atoms with Gasteiger partial charge in [0.05, 0.1) is 24.0 Å². The number of aliphatic hydroxyl groups excluding tert-OH is 1. The highest BCUT2D eigenvalue weighted by atomic mass is 16.5. The zero-order valence-electron chi connectivity index (χ0n) is 12.6. The molecule has 0 aromatic rings. The number of ether oxygens (including phenoxy) is 1. The standard InChI is InChI=1S/C8H10O9.C4H6O5/c9-5(10)1-3(7(13)14)17-4(8(15)16)2-6(11)12;5-2(4(8)9)1-3(6)7/h3-4H,1-2H2,(H,9,10)(H,11,12)(H,13,14)(H,15,16);2,5H,1H2,(H,6,7)(H,8,9)/p-6. The molecule has 0 radical (unpaired) electrons. The van der Waals surface area contributed by atoms with Crippen LogP contribution in [0.1, 0.15) is 19.3 Å². The van der Waals surface area contributed by atoms with Gasteiger partial charge in [-0.1, -0.05) is 0 Å². The lowest BCUT2D eigenvalue weighted by Crippen LogP contribution is -2.49. The minimum Gasteiger partial charge on any atom is -0.550 e. The van der Waals surface area contributed by atoms with Crippen molar-refractivity contribution in [2.24, 2.45) is 0 Å². The molecule has 0 amide bonds. The van der Waals surface area contributed by atoms with Gasteiger partial charge in [-0.25, -0.2) is 0 Å². The zero-order valence-corrected chi connectivity index (χ0v) is 12.6. The van der Waals surface area contributed by atoms with Crippen LogP contribution in [-0.2, 0) is 33.5 Å². The van der Waals surface area contributed by atoms with Gasteiger partial charge < -0.3 is 69.2 Å². The van der Waals surface area contributed by atoms with E-state index < -0.39 is 73.4 Å². The number of aliphatic carboxylic acids is 6. The molecule has 0 heterocycles. The van der Waals surface area contributed by atoms with Gasteiger partial charge in [0, 0.05) is 37.2 Å². The summed E-state index contributed by atoms with van der Waals surface area (Å²) in [6, 6.07) is 0. The van der Waals surface area contributed by atoms with Crippen LogP contribution >= 0.6 is 0 Å². The molecule has 0 bridgehead atoms. The van der Waals surface area contributed by atoms with Crippen molar-refractivity contribution in [1.82, 2.24) is 0 Å². The Hall–Kier alpha value is -3.26. The van der Waals surface area contributed by atoms with Crippen molar-refractivity contribution in [3.63, 3.8) is 0 Å². The highest BCUT2D eigenvalue weighted by Gasteiger charge is 2.19. The third-order valence-electron chi connectivity index (χ3n) is 2.19. The summed E-state index contributed by atoms with van der Waals surface area (Å²) >= 11 is 0. The Morgan fingerprint density at radius 3 is 1.08 bits per heavy atom. The molecule has 0 spiro atoms. The Kier molecular flexibility index (Phi) is 11.7. The van der Waals surface area contributed by atoms with E-state index in [0.29, 0.717) is 0 Å². The van der Waals surface area contributed by atoms with Gasteiger partial charge in [0.15, 0.2) is 0 Å². The summed E-state index contributed by atoms with van der Waals surface area (Å²) in [5, 5.41) is 68.3. The van der Waals surface area contributed by atoms with Gasteiger partial charge in [-0.05, 0) is 0 Å². The molecule has 0 fully saturated rings. The third kappa shape index (κ3) is 13.2. The van der Waals surface area contributed by atoms with Gasteiger partial charge >= 0.3 is 0 Å². The summed E-state index contributed by atoms with van der Waals surface area (Å²) in [7, 11) is 0. The van der Waals surface area contributed by atoms with Gasteiger partial charge in [-0.15, -0.1) is 0 Å². The first kappa shape index (κ1) is 25.0. The van der Waals surface area contributed by atoms with E-state index in [2.05, 4.69) is 4.74 Å². The van der Waals surface area contributed by atoms with Gasteiger partial charge in [-0.2, -0.15) is 0 Å². The minimum atomic E-state index is -2.15. The van der Waals surface area contributed by atoms with Gasteiger partial charge in [0.2, 0.25) is 0 Å². The zero-order chi connectivity index (χ0) is 21.0. The average molecular weight is 378 g/mol. The van der Waals surface area contributed by atoms with E-state index in [0.717, 1.165) is 0 Å². The lowest BCUT2D eigenvalue weighted by molar-refractivity contribution is -0.338. The number of rotatable bonds is 11. The van der Waals surface area contributed by atoms with Gasteiger partial charge in [0.25, 0.3) is 0 Å². The summed E-state index contributed by atoms with van der Waals surface area (Å²) < 4.78 is 4.23. The van der Waals surface area contributed by atoms with Crippen LogP contribution in [0.3, 0.4) is 0 Å². The number of carboxylic acid groups (broad SMARTS) is 6. The molecule has 0 aromatic heterocycles. The highest BCUT2D eigenvalue weighted by Crippen LogP contribution is 2.05. The molecule has 14 nitrogen and oxygen atoms in total. The monoisotopic (exact) mass is 378 g/mol. The number of carbonyl (C=O) groups is 6. The fraction of sp³-hybridized carbons (Fsp3) is 0.500. The van der Waals surface area contributed by atoms with Crippen LogP contribution in [0, 0.1) is 0 Å². The van der Waals surface area contributed by atoms with E-state index in [4.69, 9.17) is 5.11 Å². The lowest BCUT2D eigenvalue weighted by atomic mass is 10.2. The average Bonchev–Trinajstić information content (AvgIpc) is 2.44. The van der Waals surface area contributed by atoms with Crippen LogP contribution in [0.4, 0.5) is 0 Å². The Balaban J connectivity index is 0. The SMILES string of the molecule is O=C([O-])CC(O)C(=O)[O-].O=C([O-])CC(OC(CC(=O)[O-])C(=O)[O-])C(=O)[O-]. The predicted octanol–water partition coefficient (Wildman–Crippen LogP) is -10.2. The third-order valence-corrected chi connectivity index (χ3v) is 2.19. The largest absolute Gasteiger partial charge is 0.550 e. The smallest absolute Gasteiger partial charge is 0.103 e. The van der Waals surface area contributed by atoms with Crippen molar-refractivity contribution in [3.8, 4) is 0 Å². The normalized spacial score (nSPS) is 13.3. The van der Waals surface area contributed by atoms with E-state index in [1.54, 1.807) is 0 Å². The molecule has 148 valence electrons. The number of hydrogen-bond donors (Lipinski definition) is 1. The quantitative estimate of drug-likeness (QED) is 0.349. The second kappa shape index (κ2) is 12.2. The summed E-state index contributed by atoms with van der Waals surface area (Å²) in [6.45, 7) is 0. The molecule has 3 unspecified atom stereocenters. The maximum absolute atomic E-state index is 10.4. The van der Waals surface area contributed by atoms with Crippen LogP contribution in [0.2, 0.25) is 0 Å². The molecule has 26 heavy (non-hydrogen) atoms. The molecule has 0 aromatic carbocycles. The maximum Gasteiger partial charge on any atom is 0.103 e. The molecule has 14 heteroatoms. The van der Waals surface area contributed by atoms with Crippen LogP contribution in [0.25, 0.3) is 0 Å². The minimum absolute atomic E-state index is 0.928. The predicted molar refractivity (Wildman–Crippen MR) is 58.6 cm³/mol. The molecule has 0 saturated heterocycles. The lowest BCUT2D eigenvalue weighted by Gasteiger charge is -2.26. The molecule has 3 atom stereocenters. The summed E-state index contributed by atoms with van der Waals surface area (Å²) in [5.74, 6) is -11.1.